The van der Waals surface area contributed by atoms with Crippen LogP contribution in [0.5, 0.6) is 0 Å². The molecule has 0 spiro atoms. The molecule has 0 amide bonds. The highest BCUT2D eigenvalue weighted by atomic mass is 32.2. The van der Waals surface area contributed by atoms with Crippen molar-refractivity contribution in [1.82, 2.24) is 0 Å². The molecule has 1 rings (SSSR count). The predicted octanol–water partition coefficient (Wildman–Crippen LogP) is 2.16. The van der Waals surface area contributed by atoms with Crippen LogP contribution in [0.1, 0.15) is 5.56 Å². The summed E-state index contributed by atoms with van der Waals surface area (Å²) in [6, 6.07) is 10.3. The fraction of sp³-hybridized carbons (Fsp3) is 0.300. The van der Waals surface area contributed by atoms with Crippen molar-refractivity contribution in [3.63, 3.8) is 0 Å². The standard InChI is InChI=1S/C10H12OS/c11-7-9-12-8-6-10-4-2-1-3-5-10/h1-5,7H,6,8-9H2. The van der Waals surface area contributed by atoms with Crippen LogP contribution in [-0.2, 0) is 11.2 Å². The Morgan fingerprint density at radius 2 is 2.00 bits per heavy atom. The molecule has 0 fully saturated rings. The van der Waals surface area contributed by atoms with E-state index < -0.39 is 0 Å². The summed E-state index contributed by atoms with van der Waals surface area (Å²) < 4.78 is 0. The van der Waals surface area contributed by atoms with E-state index >= 15 is 0 Å². The van der Waals surface area contributed by atoms with Gasteiger partial charge in [-0.2, -0.15) is 11.8 Å². The maximum atomic E-state index is 10.00. The van der Waals surface area contributed by atoms with Gasteiger partial charge in [-0.1, -0.05) is 30.3 Å². The zero-order valence-corrected chi connectivity index (χ0v) is 7.72. The van der Waals surface area contributed by atoms with Crippen LogP contribution < -0.4 is 0 Å². The van der Waals surface area contributed by atoms with Gasteiger partial charge in [-0.25, -0.2) is 0 Å². The van der Waals surface area contributed by atoms with E-state index in [0.29, 0.717) is 5.75 Å². The third kappa shape index (κ3) is 3.58. The first-order chi connectivity index (χ1) is 5.93. The van der Waals surface area contributed by atoms with Crippen molar-refractivity contribution in [2.75, 3.05) is 11.5 Å². The fourth-order valence-electron chi connectivity index (χ4n) is 0.966. The van der Waals surface area contributed by atoms with Gasteiger partial charge in [0.15, 0.2) is 0 Å². The Balaban J connectivity index is 2.20. The van der Waals surface area contributed by atoms with Gasteiger partial charge in [-0.05, 0) is 17.7 Å². The summed E-state index contributed by atoms with van der Waals surface area (Å²) in [6.07, 6.45) is 2.01. The van der Waals surface area contributed by atoms with Gasteiger partial charge in [-0.15, -0.1) is 0 Å². The smallest absolute Gasteiger partial charge is 0.129 e. The van der Waals surface area contributed by atoms with E-state index in [9.17, 15) is 4.79 Å². The van der Waals surface area contributed by atoms with Crippen molar-refractivity contribution in [2.24, 2.45) is 0 Å². The van der Waals surface area contributed by atoms with E-state index in [2.05, 4.69) is 12.1 Å². The molecule has 2 heteroatoms. The lowest BCUT2D eigenvalue weighted by molar-refractivity contribution is -0.105. The molecule has 12 heavy (non-hydrogen) atoms. The summed E-state index contributed by atoms with van der Waals surface area (Å²) in [5.74, 6) is 1.65. The lowest BCUT2D eigenvalue weighted by Gasteiger charge is -1.97. The van der Waals surface area contributed by atoms with Gasteiger partial charge in [0.2, 0.25) is 0 Å². The van der Waals surface area contributed by atoms with Crippen LogP contribution in [-0.4, -0.2) is 17.8 Å². The Morgan fingerprint density at radius 1 is 1.25 bits per heavy atom. The molecule has 1 nitrogen and oxygen atoms in total. The number of aldehydes is 1. The van der Waals surface area contributed by atoms with Gasteiger partial charge in [0.1, 0.15) is 6.29 Å². The van der Waals surface area contributed by atoms with Gasteiger partial charge in [0, 0.05) is 5.75 Å². The molecule has 64 valence electrons. The molecule has 0 aromatic heterocycles. The number of benzene rings is 1. The Kier molecular flexibility index (Phi) is 4.54. The van der Waals surface area contributed by atoms with Crippen molar-refractivity contribution in [3.8, 4) is 0 Å². The zero-order valence-electron chi connectivity index (χ0n) is 6.90. The quantitative estimate of drug-likeness (QED) is 0.510. The number of carbonyl (C=O) groups excluding carboxylic acids is 1. The first kappa shape index (κ1) is 9.33. The van der Waals surface area contributed by atoms with Crippen molar-refractivity contribution >= 4 is 18.0 Å². The van der Waals surface area contributed by atoms with E-state index in [4.69, 9.17) is 0 Å². The van der Waals surface area contributed by atoms with Crippen LogP contribution in [0.4, 0.5) is 0 Å². The second kappa shape index (κ2) is 5.84. The molecule has 1 aromatic carbocycles. The summed E-state index contributed by atoms with van der Waals surface area (Å²) in [5.41, 5.74) is 1.34. The molecule has 0 aliphatic heterocycles. The highest BCUT2D eigenvalue weighted by Crippen LogP contribution is 2.05. The average Bonchev–Trinajstić information content (AvgIpc) is 2.14. The third-order valence-electron chi connectivity index (χ3n) is 1.56. The molecule has 0 heterocycles. The molecular formula is C10H12OS. The topological polar surface area (TPSA) is 17.1 Å². The van der Waals surface area contributed by atoms with Crippen LogP contribution in [0.3, 0.4) is 0 Å². The lowest BCUT2D eigenvalue weighted by atomic mass is 10.2. The monoisotopic (exact) mass is 180 g/mol. The van der Waals surface area contributed by atoms with Crippen molar-refractivity contribution in [1.29, 1.82) is 0 Å². The summed E-state index contributed by atoms with van der Waals surface area (Å²) in [4.78, 5) is 10.00. The van der Waals surface area contributed by atoms with Crippen LogP contribution in [0.15, 0.2) is 30.3 Å². The van der Waals surface area contributed by atoms with Gasteiger partial charge in [0.25, 0.3) is 0 Å². The highest BCUT2D eigenvalue weighted by molar-refractivity contribution is 7.99. The summed E-state index contributed by atoms with van der Waals surface area (Å²) in [5, 5.41) is 0. The molecule has 0 N–H and O–H groups in total. The maximum Gasteiger partial charge on any atom is 0.129 e. The number of aryl methyl sites for hydroxylation is 1. The summed E-state index contributed by atoms with van der Waals surface area (Å²) in [7, 11) is 0. The fourth-order valence-corrected chi connectivity index (χ4v) is 1.61. The molecule has 0 saturated carbocycles. The molecule has 0 bridgehead atoms. The number of carbonyl (C=O) groups is 1. The van der Waals surface area contributed by atoms with E-state index in [0.717, 1.165) is 18.5 Å². The number of rotatable bonds is 5. The minimum atomic E-state index is 0.618. The Bertz CT molecular complexity index is 221. The SMILES string of the molecule is O=CCSCCc1ccccc1. The van der Waals surface area contributed by atoms with E-state index in [-0.39, 0.29) is 0 Å². The van der Waals surface area contributed by atoms with Crippen molar-refractivity contribution in [2.45, 2.75) is 6.42 Å². The van der Waals surface area contributed by atoms with Crippen LogP contribution in [0.2, 0.25) is 0 Å². The van der Waals surface area contributed by atoms with Gasteiger partial charge < -0.3 is 4.79 Å². The molecule has 0 radical (unpaired) electrons. The van der Waals surface area contributed by atoms with Crippen LogP contribution in [0.25, 0.3) is 0 Å². The zero-order chi connectivity index (χ0) is 8.65. The lowest BCUT2D eigenvalue weighted by Crippen LogP contribution is -1.89. The van der Waals surface area contributed by atoms with Gasteiger partial charge in [0.05, 0.1) is 0 Å². The van der Waals surface area contributed by atoms with Crippen molar-refractivity contribution in [3.05, 3.63) is 35.9 Å². The number of hydrogen-bond acceptors (Lipinski definition) is 2. The summed E-state index contributed by atoms with van der Waals surface area (Å²) in [6.45, 7) is 0. The van der Waals surface area contributed by atoms with Gasteiger partial charge in [-0.3, -0.25) is 0 Å². The Labute approximate surface area is 77.2 Å². The normalized spacial score (nSPS) is 9.67. The largest absolute Gasteiger partial charge is 0.302 e. The van der Waals surface area contributed by atoms with E-state index in [1.54, 1.807) is 11.8 Å². The van der Waals surface area contributed by atoms with E-state index in [1.165, 1.54) is 5.56 Å². The first-order valence-corrected chi connectivity index (χ1v) is 5.14. The predicted molar refractivity (Wildman–Crippen MR) is 53.5 cm³/mol. The maximum absolute atomic E-state index is 10.00. The summed E-state index contributed by atoms with van der Waals surface area (Å²) >= 11 is 1.68. The van der Waals surface area contributed by atoms with Crippen LogP contribution in [0, 0.1) is 0 Å². The molecule has 0 aliphatic rings. The second-order valence-electron chi connectivity index (χ2n) is 2.48. The minimum Gasteiger partial charge on any atom is -0.302 e. The second-order valence-corrected chi connectivity index (χ2v) is 3.63. The minimum absolute atomic E-state index is 0.618. The molecule has 0 aliphatic carbocycles. The van der Waals surface area contributed by atoms with Gasteiger partial charge >= 0.3 is 0 Å². The molecule has 0 atom stereocenters. The average molecular weight is 180 g/mol. The van der Waals surface area contributed by atoms with Crippen LogP contribution >= 0.6 is 11.8 Å². The first-order valence-electron chi connectivity index (χ1n) is 3.99. The highest BCUT2D eigenvalue weighted by Gasteiger charge is 1.90. The third-order valence-corrected chi connectivity index (χ3v) is 2.43. The number of hydrogen-bond donors (Lipinski definition) is 0. The Hall–Kier alpha value is -0.760. The number of thioether (sulfide) groups is 1. The molecule has 1 aromatic rings. The molecular weight excluding hydrogens is 168 g/mol. The van der Waals surface area contributed by atoms with E-state index in [1.807, 2.05) is 18.2 Å². The molecule has 0 saturated heterocycles. The van der Waals surface area contributed by atoms with Crippen molar-refractivity contribution < 1.29 is 4.79 Å². The Morgan fingerprint density at radius 3 is 2.67 bits per heavy atom. The molecule has 0 unspecified atom stereocenters.